The summed E-state index contributed by atoms with van der Waals surface area (Å²) in [6.45, 7) is 5.67. The lowest BCUT2D eigenvalue weighted by Gasteiger charge is -2.22. The Labute approximate surface area is 125 Å². The number of benzene rings is 1. The molecule has 1 aliphatic rings. The largest absolute Gasteiger partial charge is 0.325 e. The fraction of sp³-hybridized carbons (Fsp3) is 0.533. The number of carbonyl (C=O) groups excluding carboxylic acids is 1. The fourth-order valence-corrected chi connectivity index (χ4v) is 2.76. The molecular weight excluding hydrogens is 274 g/mol. The van der Waals surface area contributed by atoms with Crippen molar-refractivity contribution in [2.75, 3.05) is 31.5 Å². The molecule has 0 saturated carbocycles. The molecule has 1 saturated heterocycles. The van der Waals surface area contributed by atoms with Gasteiger partial charge in [-0.1, -0.05) is 18.5 Å². The average Bonchev–Trinajstić information content (AvgIpc) is 2.89. The summed E-state index contributed by atoms with van der Waals surface area (Å²) in [6.07, 6.45) is 2.48. The molecule has 1 aliphatic heterocycles. The summed E-state index contributed by atoms with van der Waals surface area (Å²) in [5, 5.41) is 6.76. The predicted octanol–water partition coefficient (Wildman–Crippen LogP) is 2.35. The van der Waals surface area contributed by atoms with Gasteiger partial charge in [0.2, 0.25) is 5.91 Å². The molecule has 20 heavy (non-hydrogen) atoms. The van der Waals surface area contributed by atoms with Gasteiger partial charge in [-0.3, -0.25) is 9.69 Å². The molecule has 1 heterocycles. The van der Waals surface area contributed by atoms with Crippen molar-refractivity contribution in [3.05, 3.63) is 29.3 Å². The second-order valence-electron chi connectivity index (χ2n) is 5.11. The maximum Gasteiger partial charge on any atom is 0.238 e. The van der Waals surface area contributed by atoms with Crippen LogP contribution >= 0.6 is 11.6 Å². The highest BCUT2D eigenvalue weighted by Crippen LogP contribution is 2.15. The van der Waals surface area contributed by atoms with E-state index in [0.29, 0.717) is 17.6 Å². The molecule has 110 valence electrons. The summed E-state index contributed by atoms with van der Waals surface area (Å²) < 4.78 is 0. The zero-order valence-corrected chi connectivity index (χ0v) is 12.6. The number of hydrogen-bond donors (Lipinski definition) is 2. The molecule has 0 spiro atoms. The summed E-state index contributed by atoms with van der Waals surface area (Å²) in [6, 6.07) is 7.71. The molecule has 4 nitrogen and oxygen atoms in total. The number of nitrogens with zero attached hydrogens (tertiary/aromatic N) is 1. The number of carbonyl (C=O) groups is 1. The van der Waals surface area contributed by atoms with Crippen LogP contribution in [0.25, 0.3) is 0 Å². The lowest BCUT2D eigenvalue weighted by Crippen LogP contribution is -2.40. The first-order valence-electron chi connectivity index (χ1n) is 7.19. The molecule has 0 aliphatic carbocycles. The predicted molar refractivity (Wildman–Crippen MR) is 83.2 cm³/mol. The van der Waals surface area contributed by atoms with Gasteiger partial charge < -0.3 is 10.6 Å². The Balaban J connectivity index is 1.69. The van der Waals surface area contributed by atoms with Crippen molar-refractivity contribution >= 4 is 23.2 Å². The van der Waals surface area contributed by atoms with Crippen LogP contribution in [0.2, 0.25) is 5.02 Å². The van der Waals surface area contributed by atoms with E-state index in [9.17, 15) is 4.79 Å². The van der Waals surface area contributed by atoms with E-state index in [-0.39, 0.29) is 5.91 Å². The molecule has 1 amide bonds. The number of hydrogen-bond acceptors (Lipinski definition) is 3. The van der Waals surface area contributed by atoms with E-state index in [0.717, 1.165) is 18.8 Å². The molecule has 0 bridgehead atoms. The Morgan fingerprint density at radius 1 is 1.40 bits per heavy atom. The highest BCUT2D eigenvalue weighted by molar-refractivity contribution is 6.30. The van der Waals surface area contributed by atoms with Crippen LogP contribution in [0.4, 0.5) is 5.69 Å². The van der Waals surface area contributed by atoms with E-state index in [1.807, 2.05) is 0 Å². The molecule has 1 fully saturated rings. The van der Waals surface area contributed by atoms with Crippen molar-refractivity contribution in [1.82, 2.24) is 10.2 Å². The first-order chi connectivity index (χ1) is 9.69. The molecule has 1 aromatic carbocycles. The van der Waals surface area contributed by atoms with Crippen LogP contribution in [-0.2, 0) is 4.79 Å². The number of likely N-dealkylation sites (tertiary alicyclic amines) is 1. The first kappa shape index (κ1) is 15.3. The zero-order chi connectivity index (χ0) is 14.4. The Kier molecular flexibility index (Phi) is 5.83. The van der Waals surface area contributed by atoms with Gasteiger partial charge in [0.15, 0.2) is 0 Å². The van der Waals surface area contributed by atoms with Gasteiger partial charge in [0.1, 0.15) is 0 Å². The van der Waals surface area contributed by atoms with E-state index < -0.39 is 0 Å². The van der Waals surface area contributed by atoms with Gasteiger partial charge in [-0.15, -0.1) is 0 Å². The second-order valence-corrected chi connectivity index (χ2v) is 5.55. The van der Waals surface area contributed by atoms with Gasteiger partial charge in [0.05, 0.1) is 6.54 Å². The quantitative estimate of drug-likeness (QED) is 0.847. The smallest absolute Gasteiger partial charge is 0.238 e. The zero-order valence-electron chi connectivity index (χ0n) is 11.9. The van der Waals surface area contributed by atoms with Crippen LogP contribution in [0.1, 0.15) is 19.8 Å². The van der Waals surface area contributed by atoms with Crippen LogP contribution in [0.15, 0.2) is 24.3 Å². The third-order valence-corrected chi connectivity index (χ3v) is 3.95. The van der Waals surface area contributed by atoms with Gasteiger partial charge in [-0.05, 0) is 50.2 Å². The molecule has 0 aromatic heterocycles. The molecule has 1 aromatic rings. The number of anilines is 1. The topological polar surface area (TPSA) is 44.4 Å². The van der Waals surface area contributed by atoms with Crippen molar-refractivity contribution in [2.45, 2.75) is 25.8 Å². The minimum atomic E-state index is -0.0200. The Morgan fingerprint density at radius 2 is 2.15 bits per heavy atom. The fourth-order valence-electron chi connectivity index (χ4n) is 2.63. The number of nitrogens with one attached hydrogen (secondary N) is 2. The van der Waals surface area contributed by atoms with Crippen LogP contribution in [0.3, 0.4) is 0 Å². The van der Waals surface area contributed by atoms with Gasteiger partial charge in [0, 0.05) is 23.3 Å². The second kappa shape index (κ2) is 7.62. The number of amides is 1. The van der Waals surface area contributed by atoms with Crippen LogP contribution in [0, 0.1) is 0 Å². The highest BCUT2D eigenvalue weighted by Gasteiger charge is 2.22. The normalized spacial score (nSPS) is 19.2. The first-order valence-corrected chi connectivity index (χ1v) is 7.57. The standard InChI is InChI=1S/C15H22ClN3O/c1-2-19-9-3-4-14(19)10-17-11-15(20)18-13-7-5-12(16)6-8-13/h5-8,14,17H,2-4,9-11H2,1H3,(H,18,20). The van der Waals surface area contributed by atoms with Crippen molar-refractivity contribution in [2.24, 2.45) is 0 Å². The summed E-state index contributed by atoms with van der Waals surface area (Å²) in [5.41, 5.74) is 0.775. The Morgan fingerprint density at radius 3 is 2.85 bits per heavy atom. The molecule has 2 rings (SSSR count). The lowest BCUT2D eigenvalue weighted by molar-refractivity contribution is -0.115. The molecule has 1 unspecified atom stereocenters. The van der Waals surface area contributed by atoms with Gasteiger partial charge in [-0.2, -0.15) is 0 Å². The number of likely N-dealkylation sites (N-methyl/N-ethyl adjacent to an activating group) is 1. The molecule has 1 atom stereocenters. The lowest BCUT2D eigenvalue weighted by atomic mass is 10.2. The van der Waals surface area contributed by atoms with Crippen molar-refractivity contribution in [3.63, 3.8) is 0 Å². The molecule has 2 N–H and O–H groups in total. The van der Waals surface area contributed by atoms with Crippen LogP contribution in [-0.4, -0.2) is 43.0 Å². The third-order valence-electron chi connectivity index (χ3n) is 3.70. The summed E-state index contributed by atoms with van der Waals surface area (Å²) in [7, 11) is 0. The van der Waals surface area contributed by atoms with Crippen LogP contribution < -0.4 is 10.6 Å². The number of rotatable bonds is 6. The van der Waals surface area contributed by atoms with E-state index in [4.69, 9.17) is 11.6 Å². The molecular formula is C15H22ClN3O. The maximum atomic E-state index is 11.8. The molecule has 5 heteroatoms. The minimum absolute atomic E-state index is 0.0200. The third kappa shape index (κ3) is 4.47. The maximum absolute atomic E-state index is 11.8. The van der Waals surface area contributed by atoms with Crippen molar-refractivity contribution in [1.29, 1.82) is 0 Å². The van der Waals surface area contributed by atoms with Crippen molar-refractivity contribution in [3.8, 4) is 0 Å². The molecule has 0 radical (unpaired) electrons. The Hall–Kier alpha value is -1.10. The minimum Gasteiger partial charge on any atom is -0.325 e. The SMILES string of the molecule is CCN1CCCC1CNCC(=O)Nc1ccc(Cl)cc1. The average molecular weight is 296 g/mol. The summed E-state index contributed by atoms with van der Waals surface area (Å²) in [4.78, 5) is 14.3. The van der Waals surface area contributed by atoms with E-state index in [2.05, 4.69) is 22.5 Å². The summed E-state index contributed by atoms with van der Waals surface area (Å²) in [5.74, 6) is -0.0200. The summed E-state index contributed by atoms with van der Waals surface area (Å²) >= 11 is 5.80. The monoisotopic (exact) mass is 295 g/mol. The van der Waals surface area contributed by atoms with Gasteiger partial charge in [-0.25, -0.2) is 0 Å². The van der Waals surface area contributed by atoms with Gasteiger partial charge in [0.25, 0.3) is 0 Å². The van der Waals surface area contributed by atoms with Crippen molar-refractivity contribution < 1.29 is 4.79 Å². The highest BCUT2D eigenvalue weighted by atomic mass is 35.5. The van der Waals surface area contributed by atoms with E-state index in [1.165, 1.54) is 19.4 Å². The van der Waals surface area contributed by atoms with E-state index in [1.54, 1.807) is 24.3 Å². The van der Waals surface area contributed by atoms with Crippen LogP contribution in [0.5, 0.6) is 0 Å². The van der Waals surface area contributed by atoms with E-state index >= 15 is 0 Å². The number of halogens is 1. The van der Waals surface area contributed by atoms with Gasteiger partial charge >= 0.3 is 0 Å². The Bertz CT molecular complexity index is 435.